The Morgan fingerprint density at radius 1 is 0.903 bits per heavy atom. The Morgan fingerprint density at radius 2 is 1.68 bits per heavy atom. The number of Topliss-reactive ketones (excluding diaryl/α,β-unsaturated/α-hetero) is 1. The van der Waals surface area contributed by atoms with Gasteiger partial charge < -0.3 is 9.47 Å². The van der Waals surface area contributed by atoms with Crippen LogP contribution in [0.15, 0.2) is 72.8 Å². The van der Waals surface area contributed by atoms with E-state index in [2.05, 4.69) is 0 Å². The SMILES string of the molecule is COC(=O)CCC(C(=O)c1cccc(OCc2ccccc2)c1)c1ccc(Cl)c(Cl)c1. The summed E-state index contributed by atoms with van der Waals surface area (Å²) in [5.41, 5.74) is 2.22. The van der Waals surface area contributed by atoms with Crippen molar-refractivity contribution in [3.63, 3.8) is 0 Å². The highest BCUT2D eigenvalue weighted by atomic mass is 35.5. The first-order chi connectivity index (χ1) is 15.0. The molecule has 1 atom stereocenters. The van der Waals surface area contributed by atoms with Gasteiger partial charge in [-0.2, -0.15) is 0 Å². The molecular formula is C25H22Cl2O4. The normalized spacial score (nSPS) is 11.6. The molecule has 3 rings (SSSR count). The van der Waals surface area contributed by atoms with Crippen molar-refractivity contribution < 1.29 is 19.1 Å². The van der Waals surface area contributed by atoms with Crippen LogP contribution in [-0.2, 0) is 16.1 Å². The minimum absolute atomic E-state index is 0.108. The fourth-order valence-electron chi connectivity index (χ4n) is 3.22. The minimum atomic E-state index is -0.571. The van der Waals surface area contributed by atoms with Gasteiger partial charge in [-0.25, -0.2) is 0 Å². The monoisotopic (exact) mass is 456 g/mol. The summed E-state index contributed by atoms with van der Waals surface area (Å²) >= 11 is 12.2. The van der Waals surface area contributed by atoms with E-state index in [4.69, 9.17) is 32.7 Å². The number of hydrogen-bond donors (Lipinski definition) is 0. The van der Waals surface area contributed by atoms with Crippen molar-refractivity contribution in [2.24, 2.45) is 0 Å². The number of halogens is 2. The molecule has 0 aliphatic heterocycles. The zero-order valence-corrected chi connectivity index (χ0v) is 18.5. The molecule has 0 radical (unpaired) electrons. The van der Waals surface area contributed by atoms with E-state index in [9.17, 15) is 9.59 Å². The molecule has 4 nitrogen and oxygen atoms in total. The summed E-state index contributed by atoms with van der Waals surface area (Å²) in [5.74, 6) is -0.487. The molecule has 0 aliphatic carbocycles. The van der Waals surface area contributed by atoms with Crippen LogP contribution < -0.4 is 4.74 Å². The van der Waals surface area contributed by atoms with Gasteiger partial charge in [-0.05, 0) is 41.8 Å². The van der Waals surface area contributed by atoms with Gasteiger partial charge in [0.25, 0.3) is 0 Å². The summed E-state index contributed by atoms with van der Waals surface area (Å²) < 4.78 is 10.6. The van der Waals surface area contributed by atoms with Gasteiger partial charge in [-0.1, -0.05) is 71.7 Å². The molecule has 0 fully saturated rings. The number of ether oxygens (including phenoxy) is 2. The van der Waals surface area contributed by atoms with Crippen LogP contribution in [0.1, 0.15) is 40.2 Å². The first-order valence-electron chi connectivity index (χ1n) is 9.80. The van der Waals surface area contributed by atoms with Crippen LogP contribution in [0, 0.1) is 0 Å². The van der Waals surface area contributed by atoms with Crippen molar-refractivity contribution in [3.8, 4) is 5.75 Å². The average Bonchev–Trinajstić information content (AvgIpc) is 2.80. The zero-order valence-electron chi connectivity index (χ0n) is 17.0. The second-order valence-corrected chi connectivity index (χ2v) is 7.82. The molecule has 3 aromatic rings. The molecule has 0 aromatic heterocycles. The van der Waals surface area contributed by atoms with E-state index in [1.807, 2.05) is 36.4 Å². The number of rotatable bonds is 9. The Bertz CT molecular complexity index is 1050. The topological polar surface area (TPSA) is 52.6 Å². The van der Waals surface area contributed by atoms with Crippen LogP contribution in [0.3, 0.4) is 0 Å². The second-order valence-electron chi connectivity index (χ2n) is 7.01. The molecule has 160 valence electrons. The van der Waals surface area contributed by atoms with Gasteiger partial charge in [-0.15, -0.1) is 0 Å². The molecule has 1 unspecified atom stereocenters. The first kappa shape index (κ1) is 22.9. The highest BCUT2D eigenvalue weighted by molar-refractivity contribution is 6.42. The second kappa shape index (κ2) is 11.0. The van der Waals surface area contributed by atoms with Crippen molar-refractivity contribution >= 4 is 35.0 Å². The van der Waals surface area contributed by atoms with Gasteiger partial charge in [0.1, 0.15) is 12.4 Å². The van der Waals surface area contributed by atoms with Crippen molar-refractivity contribution in [2.75, 3.05) is 7.11 Å². The number of esters is 1. The molecule has 0 spiro atoms. The quantitative estimate of drug-likeness (QED) is 0.272. The number of carbonyl (C=O) groups excluding carboxylic acids is 2. The molecule has 0 saturated carbocycles. The molecule has 3 aromatic carbocycles. The Balaban J connectivity index is 1.82. The third kappa shape index (κ3) is 6.33. The fourth-order valence-corrected chi connectivity index (χ4v) is 3.53. The van der Waals surface area contributed by atoms with Gasteiger partial charge in [0.05, 0.1) is 17.2 Å². The van der Waals surface area contributed by atoms with E-state index in [0.29, 0.717) is 39.9 Å². The number of hydrogen-bond acceptors (Lipinski definition) is 4. The molecule has 0 saturated heterocycles. The maximum absolute atomic E-state index is 13.4. The lowest BCUT2D eigenvalue weighted by molar-refractivity contribution is -0.140. The van der Waals surface area contributed by atoms with Gasteiger partial charge in [-0.3, -0.25) is 9.59 Å². The predicted molar refractivity (Wildman–Crippen MR) is 122 cm³/mol. The van der Waals surface area contributed by atoms with Crippen LogP contribution in [0.2, 0.25) is 10.0 Å². The zero-order chi connectivity index (χ0) is 22.2. The smallest absolute Gasteiger partial charge is 0.305 e. The van der Waals surface area contributed by atoms with Crippen LogP contribution >= 0.6 is 23.2 Å². The lowest BCUT2D eigenvalue weighted by Gasteiger charge is -2.17. The highest BCUT2D eigenvalue weighted by Gasteiger charge is 2.24. The lowest BCUT2D eigenvalue weighted by atomic mass is 9.87. The van der Waals surface area contributed by atoms with E-state index in [1.54, 1.807) is 36.4 Å². The van der Waals surface area contributed by atoms with Crippen molar-refractivity contribution in [1.82, 2.24) is 0 Å². The number of ketones is 1. The summed E-state index contributed by atoms with van der Waals surface area (Å²) in [6.07, 6.45) is 0.399. The number of benzene rings is 3. The summed E-state index contributed by atoms with van der Waals surface area (Å²) in [7, 11) is 1.33. The van der Waals surface area contributed by atoms with Crippen LogP contribution in [0.5, 0.6) is 5.75 Å². The Hall–Kier alpha value is -2.82. The minimum Gasteiger partial charge on any atom is -0.489 e. The maximum atomic E-state index is 13.4. The maximum Gasteiger partial charge on any atom is 0.305 e. The average molecular weight is 457 g/mol. The van der Waals surface area contributed by atoms with Gasteiger partial charge in [0.2, 0.25) is 0 Å². The third-order valence-electron chi connectivity index (χ3n) is 4.89. The fraction of sp³-hybridized carbons (Fsp3) is 0.200. The molecule has 0 heterocycles. The number of carbonyl (C=O) groups is 2. The van der Waals surface area contributed by atoms with Crippen LogP contribution in [-0.4, -0.2) is 18.9 Å². The molecule has 0 amide bonds. The van der Waals surface area contributed by atoms with Crippen molar-refractivity contribution in [2.45, 2.75) is 25.4 Å². The first-order valence-corrected chi connectivity index (χ1v) is 10.6. The van der Waals surface area contributed by atoms with E-state index in [1.165, 1.54) is 7.11 Å². The molecule has 0 bridgehead atoms. The van der Waals surface area contributed by atoms with E-state index in [0.717, 1.165) is 5.56 Å². The van der Waals surface area contributed by atoms with Gasteiger partial charge in [0, 0.05) is 17.9 Å². The van der Waals surface area contributed by atoms with E-state index < -0.39 is 5.92 Å². The van der Waals surface area contributed by atoms with Crippen LogP contribution in [0.25, 0.3) is 0 Å². The summed E-state index contributed by atoms with van der Waals surface area (Å²) in [5, 5.41) is 0.760. The van der Waals surface area contributed by atoms with E-state index in [-0.39, 0.29) is 18.2 Å². The number of methoxy groups -OCH3 is 1. The summed E-state index contributed by atoms with van der Waals surface area (Å²) in [6.45, 7) is 0.400. The molecule has 31 heavy (non-hydrogen) atoms. The highest BCUT2D eigenvalue weighted by Crippen LogP contribution is 2.32. The lowest BCUT2D eigenvalue weighted by Crippen LogP contribution is -2.15. The third-order valence-corrected chi connectivity index (χ3v) is 5.63. The predicted octanol–water partition coefficient (Wildman–Crippen LogP) is 6.49. The molecular weight excluding hydrogens is 435 g/mol. The molecule has 6 heteroatoms. The largest absolute Gasteiger partial charge is 0.489 e. The molecule has 0 N–H and O–H groups in total. The Morgan fingerprint density at radius 3 is 2.39 bits per heavy atom. The van der Waals surface area contributed by atoms with Crippen molar-refractivity contribution in [3.05, 3.63) is 99.5 Å². The van der Waals surface area contributed by atoms with E-state index >= 15 is 0 Å². The van der Waals surface area contributed by atoms with Crippen molar-refractivity contribution in [1.29, 1.82) is 0 Å². The van der Waals surface area contributed by atoms with Crippen LogP contribution in [0.4, 0.5) is 0 Å². The Labute approximate surface area is 191 Å². The Kier molecular flexibility index (Phi) is 8.10. The summed E-state index contributed by atoms with van der Waals surface area (Å²) in [6, 6.07) is 21.9. The standard InChI is InChI=1S/C25H22Cl2O4/c1-30-24(28)13-11-21(18-10-12-22(26)23(27)15-18)25(29)19-8-5-9-20(14-19)31-16-17-6-3-2-4-7-17/h2-10,12,14-15,21H,11,13,16H2,1H3. The van der Waals surface area contributed by atoms with Gasteiger partial charge >= 0.3 is 5.97 Å². The van der Waals surface area contributed by atoms with Gasteiger partial charge in [0.15, 0.2) is 5.78 Å². The summed E-state index contributed by atoms with van der Waals surface area (Å²) in [4.78, 5) is 25.1. The molecule has 0 aliphatic rings.